The Hall–Kier alpha value is -1.42. The van der Waals surface area contributed by atoms with Crippen LogP contribution in [-0.2, 0) is 4.79 Å². The molecule has 3 N–H and O–H groups in total. The van der Waals surface area contributed by atoms with Crippen LogP contribution in [0.15, 0.2) is 24.3 Å². The number of rotatable bonds is 7. The number of hydrogen-bond acceptors (Lipinski definition) is 2. The van der Waals surface area contributed by atoms with Crippen molar-refractivity contribution in [2.45, 2.75) is 39.2 Å². The quantitative estimate of drug-likeness (QED) is 0.797. The van der Waals surface area contributed by atoms with Crippen LogP contribution in [0.4, 0.5) is 4.39 Å². The van der Waals surface area contributed by atoms with Crippen molar-refractivity contribution in [1.29, 1.82) is 0 Å². The highest BCUT2D eigenvalue weighted by Gasteiger charge is 2.13. The second-order valence-electron chi connectivity index (χ2n) is 5.03. The Morgan fingerprint density at radius 2 is 2.00 bits per heavy atom. The van der Waals surface area contributed by atoms with Gasteiger partial charge in [0.05, 0.1) is 6.04 Å². The molecule has 1 rings (SSSR count). The van der Waals surface area contributed by atoms with Crippen molar-refractivity contribution in [1.82, 2.24) is 5.32 Å². The van der Waals surface area contributed by atoms with Crippen molar-refractivity contribution in [2.24, 2.45) is 11.7 Å². The average Bonchev–Trinajstić information content (AvgIpc) is 2.37. The van der Waals surface area contributed by atoms with Crippen LogP contribution >= 0.6 is 0 Å². The van der Waals surface area contributed by atoms with E-state index in [0.717, 1.165) is 12.8 Å². The molecule has 1 aromatic carbocycles. The largest absolute Gasteiger partial charge is 0.349 e. The molecule has 0 fully saturated rings. The summed E-state index contributed by atoms with van der Waals surface area (Å²) in [5.41, 5.74) is 5.99. The summed E-state index contributed by atoms with van der Waals surface area (Å²) in [4.78, 5) is 11.8. The van der Waals surface area contributed by atoms with Crippen LogP contribution in [0, 0.1) is 11.7 Å². The van der Waals surface area contributed by atoms with E-state index in [4.69, 9.17) is 5.73 Å². The minimum absolute atomic E-state index is 0.0420. The van der Waals surface area contributed by atoms with E-state index >= 15 is 0 Å². The molecule has 0 aromatic heterocycles. The standard InChI is InChI=1S/C15H23FN2O/c1-11(9-10-17)7-8-15(19)18-12(2)13-5-3-4-6-14(13)16/h3-6,11-12H,7-10,17H2,1-2H3,(H,18,19)/t11?,12-/m1/s1. The van der Waals surface area contributed by atoms with Crippen molar-refractivity contribution >= 4 is 5.91 Å². The van der Waals surface area contributed by atoms with E-state index < -0.39 is 0 Å². The number of nitrogens with one attached hydrogen (secondary N) is 1. The molecule has 0 saturated heterocycles. The second-order valence-corrected chi connectivity index (χ2v) is 5.03. The first kappa shape index (κ1) is 15.6. The van der Waals surface area contributed by atoms with Gasteiger partial charge in [0.1, 0.15) is 5.82 Å². The van der Waals surface area contributed by atoms with Gasteiger partial charge in [-0.2, -0.15) is 0 Å². The van der Waals surface area contributed by atoms with Crippen LogP contribution in [0.1, 0.15) is 44.7 Å². The zero-order valence-corrected chi connectivity index (χ0v) is 11.7. The lowest BCUT2D eigenvalue weighted by Gasteiger charge is -2.16. The monoisotopic (exact) mass is 266 g/mol. The predicted octanol–water partition coefficient (Wildman–Crippen LogP) is 2.77. The average molecular weight is 266 g/mol. The molecule has 3 nitrogen and oxygen atoms in total. The molecule has 19 heavy (non-hydrogen) atoms. The van der Waals surface area contributed by atoms with E-state index in [-0.39, 0.29) is 17.8 Å². The van der Waals surface area contributed by atoms with Crippen LogP contribution in [0.3, 0.4) is 0 Å². The Morgan fingerprint density at radius 1 is 1.32 bits per heavy atom. The maximum Gasteiger partial charge on any atom is 0.220 e. The molecule has 0 aliphatic rings. The zero-order chi connectivity index (χ0) is 14.3. The molecule has 0 aliphatic carbocycles. The van der Waals surface area contributed by atoms with Gasteiger partial charge < -0.3 is 11.1 Å². The molecule has 0 spiro atoms. The molecule has 1 amide bonds. The molecule has 0 aliphatic heterocycles. The highest BCUT2D eigenvalue weighted by atomic mass is 19.1. The van der Waals surface area contributed by atoms with Crippen molar-refractivity contribution < 1.29 is 9.18 Å². The summed E-state index contributed by atoms with van der Waals surface area (Å²) in [7, 11) is 0. The Bertz CT molecular complexity index is 409. The molecule has 1 aromatic rings. The summed E-state index contributed by atoms with van der Waals surface area (Å²) in [6.07, 6.45) is 2.20. The normalized spacial score (nSPS) is 13.9. The maximum atomic E-state index is 13.5. The molecule has 4 heteroatoms. The van der Waals surface area contributed by atoms with Crippen molar-refractivity contribution in [3.8, 4) is 0 Å². The lowest BCUT2D eigenvalue weighted by atomic mass is 10.0. The third kappa shape index (κ3) is 5.39. The molecule has 106 valence electrons. The van der Waals surface area contributed by atoms with E-state index in [0.29, 0.717) is 24.4 Å². The first-order valence-corrected chi connectivity index (χ1v) is 6.78. The highest BCUT2D eigenvalue weighted by molar-refractivity contribution is 5.76. The highest BCUT2D eigenvalue weighted by Crippen LogP contribution is 2.16. The summed E-state index contributed by atoms with van der Waals surface area (Å²) in [6, 6.07) is 6.20. The fraction of sp³-hybridized carbons (Fsp3) is 0.533. The molecular formula is C15H23FN2O. The fourth-order valence-corrected chi connectivity index (χ4v) is 2.02. The molecule has 0 radical (unpaired) electrons. The third-order valence-corrected chi connectivity index (χ3v) is 3.27. The van der Waals surface area contributed by atoms with Gasteiger partial charge in [0.2, 0.25) is 5.91 Å². The topological polar surface area (TPSA) is 55.1 Å². The number of nitrogens with two attached hydrogens (primary N) is 1. The molecule has 0 heterocycles. The lowest BCUT2D eigenvalue weighted by molar-refractivity contribution is -0.122. The van der Waals surface area contributed by atoms with Gasteiger partial charge in [0.15, 0.2) is 0 Å². The Kier molecular flexibility index (Phi) is 6.50. The first-order chi connectivity index (χ1) is 9.04. The zero-order valence-electron chi connectivity index (χ0n) is 11.7. The Morgan fingerprint density at radius 3 is 2.63 bits per heavy atom. The van der Waals surface area contributed by atoms with Crippen LogP contribution in [-0.4, -0.2) is 12.5 Å². The van der Waals surface area contributed by atoms with Crippen LogP contribution in [0.25, 0.3) is 0 Å². The van der Waals surface area contributed by atoms with Gasteiger partial charge in [0.25, 0.3) is 0 Å². The van der Waals surface area contributed by atoms with Gasteiger partial charge in [-0.25, -0.2) is 4.39 Å². The molecule has 0 saturated carbocycles. The summed E-state index contributed by atoms with van der Waals surface area (Å²) < 4.78 is 13.5. The summed E-state index contributed by atoms with van der Waals surface area (Å²) >= 11 is 0. The van der Waals surface area contributed by atoms with E-state index in [1.165, 1.54) is 6.07 Å². The smallest absolute Gasteiger partial charge is 0.220 e. The SMILES string of the molecule is CC(CCN)CCC(=O)N[C@H](C)c1ccccc1F. The fourth-order valence-electron chi connectivity index (χ4n) is 2.02. The number of halogens is 1. The Balaban J connectivity index is 2.42. The van der Waals surface area contributed by atoms with E-state index in [2.05, 4.69) is 12.2 Å². The van der Waals surface area contributed by atoms with Crippen LogP contribution in [0.5, 0.6) is 0 Å². The van der Waals surface area contributed by atoms with Gasteiger partial charge in [0, 0.05) is 12.0 Å². The summed E-state index contributed by atoms with van der Waals surface area (Å²) in [5.74, 6) is 0.117. The number of hydrogen-bond donors (Lipinski definition) is 2. The molecule has 0 bridgehead atoms. The summed E-state index contributed by atoms with van der Waals surface area (Å²) in [5, 5.41) is 2.82. The minimum Gasteiger partial charge on any atom is -0.349 e. The number of amides is 1. The van der Waals surface area contributed by atoms with Gasteiger partial charge in [-0.1, -0.05) is 25.1 Å². The van der Waals surface area contributed by atoms with Crippen LogP contribution < -0.4 is 11.1 Å². The predicted molar refractivity (Wildman–Crippen MR) is 75.0 cm³/mol. The van der Waals surface area contributed by atoms with E-state index in [1.54, 1.807) is 25.1 Å². The van der Waals surface area contributed by atoms with Gasteiger partial charge in [-0.15, -0.1) is 0 Å². The number of carbonyl (C=O) groups is 1. The maximum absolute atomic E-state index is 13.5. The van der Waals surface area contributed by atoms with E-state index in [1.807, 2.05) is 0 Å². The van der Waals surface area contributed by atoms with Crippen LogP contribution in [0.2, 0.25) is 0 Å². The Labute approximate surface area is 114 Å². The minimum atomic E-state index is -0.307. The molecular weight excluding hydrogens is 243 g/mol. The molecule has 2 atom stereocenters. The van der Waals surface area contributed by atoms with Gasteiger partial charge in [-0.05, 0) is 38.3 Å². The second kappa shape index (κ2) is 7.89. The summed E-state index contributed by atoms with van der Waals surface area (Å²) in [6.45, 7) is 4.52. The first-order valence-electron chi connectivity index (χ1n) is 6.78. The number of benzene rings is 1. The lowest BCUT2D eigenvalue weighted by Crippen LogP contribution is -2.27. The number of carbonyl (C=O) groups excluding carboxylic acids is 1. The van der Waals surface area contributed by atoms with E-state index in [9.17, 15) is 9.18 Å². The van der Waals surface area contributed by atoms with Crippen molar-refractivity contribution in [3.05, 3.63) is 35.6 Å². The van der Waals surface area contributed by atoms with Gasteiger partial charge in [-0.3, -0.25) is 4.79 Å². The third-order valence-electron chi connectivity index (χ3n) is 3.27. The van der Waals surface area contributed by atoms with Crippen molar-refractivity contribution in [3.63, 3.8) is 0 Å². The van der Waals surface area contributed by atoms with Crippen molar-refractivity contribution in [2.75, 3.05) is 6.54 Å². The van der Waals surface area contributed by atoms with Gasteiger partial charge >= 0.3 is 0 Å². The molecule has 1 unspecified atom stereocenters.